The van der Waals surface area contributed by atoms with Crippen LogP contribution in [0.4, 0.5) is 9.18 Å². The molecule has 1 fully saturated rings. The van der Waals surface area contributed by atoms with Crippen molar-refractivity contribution in [1.82, 2.24) is 9.88 Å². The van der Waals surface area contributed by atoms with Gasteiger partial charge in [0.15, 0.2) is 11.6 Å². The van der Waals surface area contributed by atoms with Crippen LogP contribution in [0.15, 0.2) is 46.4 Å². The summed E-state index contributed by atoms with van der Waals surface area (Å²) >= 11 is 0. The highest BCUT2D eigenvalue weighted by Gasteiger charge is 2.29. The molecule has 0 spiro atoms. The number of ether oxygens (including phenoxy) is 1. The topological polar surface area (TPSA) is 67.2 Å². The van der Waals surface area contributed by atoms with Crippen LogP contribution in [0.3, 0.4) is 0 Å². The van der Waals surface area contributed by atoms with E-state index in [1.165, 1.54) is 6.07 Å². The maximum Gasteiger partial charge on any atom is 0.415 e. The Morgan fingerprint density at radius 3 is 2.62 bits per heavy atom. The molecule has 6 nitrogen and oxygen atoms in total. The number of carbonyl (C=O) groups excluding carboxylic acids is 1. The molecule has 0 radical (unpaired) electrons. The van der Waals surface area contributed by atoms with E-state index in [1.807, 2.05) is 19.9 Å². The summed E-state index contributed by atoms with van der Waals surface area (Å²) in [4.78, 5) is 27.5. The van der Waals surface area contributed by atoms with E-state index in [0.717, 1.165) is 24.2 Å². The highest BCUT2D eigenvalue weighted by atomic mass is 19.1. The number of amides is 1. The summed E-state index contributed by atoms with van der Waals surface area (Å²) in [6.45, 7) is 5.41. The number of benzene rings is 1. The Balaban J connectivity index is 1.34. The Labute approximate surface area is 169 Å². The quantitative estimate of drug-likeness (QED) is 0.792. The number of hydrogen-bond acceptors (Lipinski definition) is 5. The summed E-state index contributed by atoms with van der Waals surface area (Å²) in [5.74, 6) is 0.887. The molecular formula is C22H23FN4O2. The van der Waals surface area contributed by atoms with Gasteiger partial charge in [0, 0.05) is 30.4 Å². The molecule has 7 heteroatoms. The molecule has 2 aliphatic rings. The number of halogens is 1. The Morgan fingerprint density at radius 1 is 1.14 bits per heavy atom. The number of hydrogen-bond donors (Lipinski definition) is 0. The van der Waals surface area contributed by atoms with E-state index in [-0.39, 0.29) is 17.8 Å². The minimum absolute atomic E-state index is 0.245. The average molecular weight is 394 g/mol. The number of piperidine rings is 1. The molecule has 4 rings (SSSR count). The van der Waals surface area contributed by atoms with Crippen molar-refractivity contribution in [2.45, 2.75) is 26.7 Å². The van der Waals surface area contributed by atoms with Gasteiger partial charge in [-0.1, -0.05) is 12.1 Å². The van der Waals surface area contributed by atoms with Crippen molar-refractivity contribution in [3.8, 4) is 5.75 Å². The van der Waals surface area contributed by atoms with Crippen molar-refractivity contribution in [3.05, 3.63) is 59.2 Å². The molecule has 1 aromatic heterocycles. The fourth-order valence-electron chi connectivity index (χ4n) is 3.71. The van der Waals surface area contributed by atoms with E-state index in [1.54, 1.807) is 29.2 Å². The van der Waals surface area contributed by atoms with E-state index >= 15 is 0 Å². The third-order valence-corrected chi connectivity index (χ3v) is 5.35. The lowest BCUT2D eigenvalue weighted by atomic mass is 9.92. The van der Waals surface area contributed by atoms with E-state index in [0.29, 0.717) is 42.5 Å². The van der Waals surface area contributed by atoms with Gasteiger partial charge in [0.05, 0.1) is 17.8 Å². The predicted molar refractivity (Wildman–Crippen MR) is 109 cm³/mol. The minimum atomic E-state index is -0.353. The van der Waals surface area contributed by atoms with Crippen LogP contribution in [0.5, 0.6) is 5.75 Å². The SMILES string of the molecule is Cc1ccc(OC(=O)N2CCC(C3=NC(c4ccccc4F)=NC3)CC2)c(C)n1. The fourth-order valence-corrected chi connectivity index (χ4v) is 3.71. The van der Waals surface area contributed by atoms with Crippen molar-refractivity contribution in [1.29, 1.82) is 0 Å². The number of amidine groups is 1. The number of likely N-dealkylation sites (tertiary alicyclic amines) is 1. The summed E-state index contributed by atoms with van der Waals surface area (Å²) in [5, 5.41) is 0. The van der Waals surface area contributed by atoms with Crippen LogP contribution in [0.1, 0.15) is 29.8 Å². The first-order chi connectivity index (χ1) is 14.0. The molecule has 0 N–H and O–H groups in total. The predicted octanol–water partition coefficient (Wildman–Crippen LogP) is 3.95. The first-order valence-corrected chi connectivity index (χ1v) is 9.79. The van der Waals surface area contributed by atoms with Crippen molar-refractivity contribution in [2.75, 3.05) is 19.6 Å². The molecule has 0 atom stereocenters. The van der Waals surface area contributed by atoms with Crippen LogP contribution in [-0.4, -0.2) is 47.2 Å². The third kappa shape index (κ3) is 4.18. The van der Waals surface area contributed by atoms with Crippen molar-refractivity contribution >= 4 is 17.6 Å². The third-order valence-electron chi connectivity index (χ3n) is 5.35. The van der Waals surface area contributed by atoms with Crippen LogP contribution in [0, 0.1) is 25.6 Å². The number of aromatic nitrogens is 1. The first-order valence-electron chi connectivity index (χ1n) is 9.79. The Morgan fingerprint density at radius 2 is 1.90 bits per heavy atom. The van der Waals surface area contributed by atoms with Gasteiger partial charge in [0.25, 0.3) is 0 Å². The Bertz CT molecular complexity index is 994. The van der Waals surface area contributed by atoms with Crippen LogP contribution in [0.2, 0.25) is 0 Å². The standard InChI is InChI=1S/C22H23FN4O2/c1-14-7-8-20(15(2)25-14)29-22(28)27-11-9-16(10-12-27)19-13-24-21(26-19)17-5-3-4-6-18(17)23/h3-8,16H,9-13H2,1-2H3. The van der Waals surface area contributed by atoms with Gasteiger partial charge in [0.1, 0.15) is 5.82 Å². The van der Waals surface area contributed by atoms with Crippen LogP contribution < -0.4 is 4.74 Å². The summed E-state index contributed by atoms with van der Waals surface area (Å²) in [6, 6.07) is 10.2. The first kappa shape index (κ1) is 19.2. The fraction of sp³-hybridized carbons (Fsp3) is 0.364. The second-order valence-electron chi connectivity index (χ2n) is 7.39. The van der Waals surface area contributed by atoms with Crippen molar-refractivity contribution in [3.63, 3.8) is 0 Å². The minimum Gasteiger partial charge on any atom is -0.408 e. The Hall–Kier alpha value is -3.09. The molecule has 3 heterocycles. The molecular weight excluding hydrogens is 371 g/mol. The molecule has 0 saturated carbocycles. The number of carbonyl (C=O) groups is 1. The molecule has 1 aromatic carbocycles. The highest BCUT2D eigenvalue weighted by Crippen LogP contribution is 2.24. The lowest BCUT2D eigenvalue weighted by Crippen LogP contribution is -2.42. The van der Waals surface area contributed by atoms with E-state index in [9.17, 15) is 9.18 Å². The molecule has 1 amide bonds. The van der Waals surface area contributed by atoms with Gasteiger partial charge in [-0.2, -0.15) is 0 Å². The van der Waals surface area contributed by atoms with Gasteiger partial charge in [-0.25, -0.2) is 14.2 Å². The van der Waals surface area contributed by atoms with Gasteiger partial charge in [0.2, 0.25) is 0 Å². The number of aryl methyl sites for hydroxylation is 2. The van der Waals surface area contributed by atoms with Gasteiger partial charge in [-0.05, 0) is 51.0 Å². The zero-order valence-electron chi connectivity index (χ0n) is 16.6. The smallest absolute Gasteiger partial charge is 0.408 e. The summed E-state index contributed by atoms with van der Waals surface area (Å²) in [5.41, 5.74) is 2.99. The summed E-state index contributed by atoms with van der Waals surface area (Å²) in [7, 11) is 0. The van der Waals surface area contributed by atoms with Crippen LogP contribution >= 0.6 is 0 Å². The Kier molecular flexibility index (Phi) is 5.38. The van der Waals surface area contributed by atoms with Crippen molar-refractivity contribution < 1.29 is 13.9 Å². The normalized spacial score (nSPS) is 17.1. The molecule has 0 bridgehead atoms. The lowest BCUT2D eigenvalue weighted by molar-refractivity contribution is 0.137. The van der Waals surface area contributed by atoms with E-state index in [4.69, 9.17) is 4.74 Å². The van der Waals surface area contributed by atoms with Gasteiger partial charge >= 0.3 is 6.09 Å². The number of rotatable bonds is 3. The average Bonchev–Trinajstić information content (AvgIpc) is 3.20. The molecule has 0 aliphatic carbocycles. The number of aliphatic imine (C=N–C) groups is 2. The molecule has 0 unspecified atom stereocenters. The molecule has 29 heavy (non-hydrogen) atoms. The van der Waals surface area contributed by atoms with Gasteiger partial charge < -0.3 is 9.64 Å². The van der Waals surface area contributed by atoms with Crippen LogP contribution in [0.25, 0.3) is 0 Å². The number of nitrogens with zero attached hydrogens (tertiary/aromatic N) is 4. The molecule has 150 valence electrons. The lowest BCUT2D eigenvalue weighted by Gasteiger charge is -2.31. The second kappa shape index (κ2) is 8.11. The molecule has 1 saturated heterocycles. The molecule has 2 aromatic rings. The molecule has 2 aliphatic heterocycles. The number of pyridine rings is 1. The summed E-state index contributed by atoms with van der Waals surface area (Å²) < 4.78 is 19.5. The van der Waals surface area contributed by atoms with Gasteiger partial charge in [-0.3, -0.25) is 9.98 Å². The van der Waals surface area contributed by atoms with E-state index < -0.39 is 0 Å². The van der Waals surface area contributed by atoms with Crippen LogP contribution in [-0.2, 0) is 0 Å². The zero-order valence-corrected chi connectivity index (χ0v) is 16.6. The maximum absolute atomic E-state index is 14.0. The second-order valence-corrected chi connectivity index (χ2v) is 7.39. The van der Waals surface area contributed by atoms with Crippen molar-refractivity contribution in [2.24, 2.45) is 15.9 Å². The van der Waals surface area contributed by atoms with E-state index in [2.05, 4.69) is 15.0 Å². The largest absolute Gasteiger partial charge is 0.415 e. The highest BCUT2D eigenvalue weighted by molar-refractivity contribution is 6.12. The maximum atomic E-state index is 14.0. The summed E-state index contributed by atoms with van der Waals surface area (Å²) in [6.07, 6.45) is 1.23. The monoisotopic (exact) mass is 394 g/mol. The van der Waals surface area contributed by atoms with Gasteiger partial charge in [-0.15, -0.1) is 0 Å². The zero-order chi connectivity index (χ0) is 20.4.